The topological polar surface area (TPSA) is 79.4 Å². The summed E-state index contributed by atoms with van der Waals surface area (Å²) < 4.78 is 10.5. The molecule has 1 heterocycles. The van der Waals surface area contributed by atoms with Crippen LogP contribution in [0, 0.1) is 0 Å². The molecule has 0 radical (unpaired) electrons. The summed E-state index contributed by atoms with van der Waals surface area (Å²) in [6.45, 7) is 7.23. The summed E-state index contributed by atoms with van der Waals surface area (Å²) >= 11 is 0. The Balaban J connectivity index is 1.83. The van der Waals surface area contributed by atoms with Gasteiger partial charge in [-0.2, -0.15) is 0 Å². The monoisotopic (exact) mass is 419 g/mol. The van der Waals surface area contributed by atoms with Crippen molar-refractivity contribution in [2.24, 2.45) is 0 Å². The summed E-state index contributed by atoms with van der Waals surface area (Å²) in [4.78, 5) is 42.7. The molecule has 0 spiro atoms. The lowest BCUT2D eigenvalue weighted by Gasteiger charge is -2.35. The quantitative estimate of drug-likeness (QED) is 0.612. The van der Waals surface area contributed by atoms with Gasteiger partial charge in [-0.1, -0.05) is 0 Å². The van der Waals surface area contributed by atoms with E-state index in [1.54, 1.807) is 47.1 Å². The van der Waals surface area contributed by atoms with E-state index in [1.165, 1.54) is 0 Å². The van der Waals surface area contributed by atoms with Crippen molar-refractivity contribution >= 4 is 17.7 Å². The smallest absolute Gasteiger partial charge is 0.254 e. The Morgan fingerprint density at radius 3 is 1.90 bits per heavy atom. The molecule has 1 aliphatic rings. The fourth-order valence-electron chi connectivity index (χ4n) is 3.56. The lowest BCUT2D eigenvalue weighted by molar-refractivity contribution is -0.133. The zero-order valence-corrected chi connectivity index (χ0v) is 18.5. The minimum absolute atomic E-state index is 0.0393. The van der Waals surface area contributed by atoms with Crippen molar-refractivity contribution in [1.29, 1.82) is 0 Å². The van der Waals surface area contributed by atoms with Gasteiger partial charge in [0, 0.05) is 63.7 Å². The lowest BCUT2D eigenvalue weighted by Crippen LogP contribution is -2.50. The molecule has 8 heteroatoms. The predicted molar refractivity (Wildman–Crippen MR) is 114 cm³/mol. The van der Waals surface area contributed by atoms with Crippen molar-refractivity contribution in [1.82, 2.24) is 14.7 Å². The van der Waals surface area contributed by atoms with Gasteiger partial charge < -0.3 is 24.2 Å². The van der Waals surface area contributed by atoms with Crippen LogP contribution in [0.2, 0.25) is 0 Å². The third-order valence-corrected chi connectivity index (χ3v) is 5.42. The zero-order chi connectivity index (χ0) is 22.1. The summed E-state index contributed by atoms with van der Waals surface area (Å²) in [5.41, 5.74) is 0.501. The van der Waals surface area contributed by atoms with Gasteiger partial charge in [-0.05, 0) is 32.4 Å². The van der Waals surface area contributed by atoms with E-state index < -0.39 is 0 Å². The maximum atomic E-state index is 12.8. The summed E-state index contributed by atoms with van der Waals surface area (Å²) in [6.07, 6.45) is 1.30. The SMILES string of the molecule is CCN(CC)C(=O)CCCC(=O)N1CCN(C(=O)c2cc(OC)cc(OC)c2)CC1. The summed E-state index contributed by atoms with van der Waals surface area (Å²) in [5, 5.41) is 0. The van der Waals surface area contributed by atoms with Crippen molar-refractivity contribution < 1.29 is 23.9 Å². The predicted octanol–water partition coefficient (Wildman–Crippen LogP) is 2.03. The van der Waals surface area contributed by atoms with Crippen molar-refractivity contribution in [3.05, 3.63) is 23.8 Å². The standard InChI is InChI=1S/C22H33N3O5/c1-5-23(6-2)20(26)8-7-9-21(27)24-10-12-25(13-11-24)22(28)17-14-18(29-3)16-19(15-17)30-4/h14-16H,5-13H2,1-4H3. The number of nitrogens with zero attached hydrogens (tertiary/aromatic N) is 3. The molecular formula is C22H33N3O5. The van der Waals surface area contributed by atoms with E-state index in [-0.39, 0.29) is 17.7 Å². The molecule has 0 N–H and O–H groups in total. The maximum Gasteiger partial charge on any atom is 0.254 e. The zero-order valence-electron chi connectivity index (χ0n) is 18.5. The molecule has 0 saturated carbocycles. The first kappa shape index (κ1) is 23.5. The van der Waals surface area contributed by atoms with E-state index >= 15 is 0 Å². The lowest BCUT2D eigenvalue weighted by atomic mass is 10.1. The van der Waals surface area contributed by atoms with Crippen molar-refractivity contribution in [2.75, 3.05) is 53.5 Å². The van der Waals surface area contributed by atoms with Gasteiger partial charge in [-0.3, -0.25) is 14.4 Å². The van der Waals surface area contributed by atoms with E-state index in [9.17, 15) is 14.4 Å². The molecule has 166 valence electrons. The highest BCUT2D eigenvalue weighted by Crippen LogP contribution is 2.24. The largest absolute Gasteiger partial charge is 0.497 e. The second-order valence-electron chi connectivity index (χ2n) is 7.19. The van der Waals surface area contributed by atoms with Crippen LogP contribution in [0.3, 0.4) is 0 Å². The molecule has 0 bridgehead atoms. The molecule has 1 aromatic carbocycles. The van der Waals surface area contributed by atoms with Gasteiger partial charge in [0.2, 0.25) is 11.8 Å². The molecule has 0 aromatic heterocycles. The molecule has 1 aromatic rings. The van der Waals surface area contributed by atoms with Crippen molar-refractivity contribution in [2.45, 2.75) is 33.1 Å². The van der Waals surface area contributed by atoms with Crippen LogP contribution in [0.25, 0.3) is 0 Å². The van der Waals surface area contributed by atoms with Gasteiger partial charge in [-0.15, -0.1) is 0 Å². The molecule has 0 unspecified atom stereocenters. The van der Waals surface area contributed by atoms with Gasteiger partial charge in [0.1, 0.15) is 11.5 Å². The van der Waals surface area contributed by atoms with Crippen LogP contribution in [0.1, 0.15) is 43.5 Å². The minimum Gasteiger partial charge on any atom is -0.497 e. The van der Waals surface area contributed by atoms with Gasteiger partial charge in [0.25, 0.3) is 5.91 Å². The first-order valence-electron chi connectivity index (χ1n) is 10.5. The fraction of sp³-hybridized carbons (Fsp3) is 0.591. The Kier molecular flexibility index (Phi) is 8.95. The number of benzene rings is 1. The summed E-state index contributed by atoms with van der Waals surface area (Å²) in [5.74, 6) is 1.15. The second kappa shape index (κ2) is 11.4. The number of carbonyl (C=O) groups is 3. The molecule has 0 aliphatic carbocycles. The van der Waals surface area contributed by atoms with E-state index in [1.807, 2.05) is 13.8 Å². The van der Waals surface area contributed by atoms with Crippen LogP contribution >= 0.6 is 0 Å². The molecule has 2 rings (SSSR count). The highest BCUT2D eigenvalue weighted by molar-refractivity contribution is 5.95. The minimum atomic E-state index is -0.107. The molecule has 8 nitrogen and oxygen atoms in total. The normalized spacial score (nSPS) is 13.7. The van der Waals surface area contributed by atoms with Crippen molar-refractivity contribution in [3.8, 4) is 11.5 Å². The number of hydrogen-bond donors (Lipinski definition) is 0. The summed E-state index contributed by atoms with van der Waals surface area (Å²) in [6, 6.07) is 5.10. The van der Waals surface area contributed by atoms with Crippen LogP contribution < -0.4 is 9.47 Å². The Morgan fingerprint density at radius 2 is 1.40 bits per heavy atom. The van der Waals surface area contributed by atoms with Crippen LogP contribution in [-0.2, 0) is 9.59 Å². The highest BCUT2D eigenvalue weighted by Gasteiger charge is 2.25. The Bertz CT molecular complexity index is 718. The third kappa shape index (κ3) is 6.11. The molecule has 3 amide bonds. The number of piperazine rings is 1. The fourth-order valence-corrected chi connectivity index (χ4v) is 3.56. The molecule has 1 fully saturated rings. The van der Waals surface area contributed by atoms with E-state index in [0.717, 1.165) is 0 Å². The number of methoxy groups -OCH3 is 2. The average molecular weight is 420 g/mol. The van der Waals surface area contributed by atoms with Gasteiger partial charge in [0.15, 0.2) is 0 Å². The number of carbonyl (C=O) groups excluding carboxylic acids is 3. The van der Waals surface area contributed by atoms with Crippen LogP contribution in [0.4, 0.5) is 0 Å². The Labute approximate surface area is 178 Å². The number of ether oxygens (including phenoxy) is 2. The molecule has 30 heavy (non-hydrogen) atoms. The molecule has 1 saturated heterocycles. The Morgan fingerprint density at radius 1 is 0.867 bits per heavy atom. The first-order chi connectivity index (χ1) is 14.4. The number of amides is 3. The number of hydrogen-bond acceptors (Lipinski definition) is 5. The van der Waals surface area contributed by atoms with E-state index in [4.69, 9.17) is 9.47 Å². The van der Waals surface area contributed by atoms with Crippen LogP contribution in [0.5, 0.6) is 11.5 Å². The Hall–Kier alpha value is -2.77. The van der Waals surface area contributed by atoms with Crippen LogP contribution in [-0.4, -0.2) is 85.9 Å². The van der Waals surface area contributed by atoms with Gasteiger partial charge >= 0.3 is 0 Å². The van der Waals surface area contributed by atoms with Crippen molar-refractivity contribution in [3.63, 3.8) is 0 Å². The summed E-state index contributed by atoms with van der Waals surface area (Å²) in [7, 11) is 3.09. The maximum absolute atomic E-state index is 12.8. The van der Waals surface area contributed by atoms with Gasteiger partial charge in [0.05, 0.1) is 14.2 Å². The molecule has 0 atom stereocenters. The second-order valence-corrected chi connectivity index (χ2v) is 7.19. The number of rotatable bonds is 9. The third-order valence-electron chi connectivity index (χ3n) is 5.42. The molecular weight excluding hydrogens is 386 g/mol. The highest BCUT2D eigenvalue weighted by atomic mass is 16.5. The van der Waals surface area contributed by atoms with E-state index in [2.05, 4.69) is 0 Å². The van der Waals surface area contributed by atoms with Crippen LogP contribution in [0.15, 0.2) is 18.2 Å². The average Bonchev–Trinajstić information content (AvgIpc) is 2.78. The first-order valence-corrected chi connectivity index (χ1v) is 10.5. The van der Waals surface area contributed by atoms with Gasteiger partial charge in [-0.25, -0.2) is 0 Å². The van der Waals surface area contributed by atoms with E-state index in [0.29, 0.717) is 75.6 Å². The molecule has 1 aliphatic heterocycles.